The Kier molecular flexibility index (Phi) is 6.72. The second-order valence-electron chi connectivity index (χ2n) is 6.17. The van der Waals surface area contributed by atoms with Gasteiger partial charge in [-0.1, -0.05) is 52.3 Å². The molecular weight excluding hydrogens is 275 g/mol. The Morgan fingerprint density at radius 3 is 2.29 bits per heavy atom. The molecule has 0 amide bonds. The number of halogens is 3. The van der Waals surface area contributed by atoms with E-state index in [0.717, 1.165) is 24.6 Å². The molecule has 21 heavy (non-hydrogen) atoms. The summed E-state index contributed by atoms with van der Waals surface area (Å²) in [4.78, 5) is 0. The third-order valence-electron chi connectivity index (χ3n) is 3.89. The lowest BCUT2D eigenvalue weighted by Crippen LogP contribution is -2.28. The standard InChI is InChI=1S/C17H26F3N/c1-5-13(4)16(11-21-10-12(2)3)14-7-6-8-15(9-14)17(18,19)20/h6-9,12-13,16,21H,5,10-11H2,1-4H3. The third-order valence-corrected chi connectivity index (χ3v) is 3.89. The molecule has 0 bridgehead atoms. The first-order chi connectivity index (χ1) is 9.75. The summed E-state index contributed by atoms with van der Waals surface area (Å²) in [6.07, 6.45) is -3.33. The van der Waals surface area contributed by atoms with Crippen molar-refractivity contribution in [1.29, 1.82) is 0 Å². The molecule has 1 aromatic rings. The minimum atomic E-state index is -4.28. The minimum Gasteiger partial charge on any atom is -0.316 e. The van der Waals surface area contributed by atoms with Gasteiger partial charge in [-0.2, -0.15) is 13.2 Å². The summed E-state index contributed by atoms with van der Waals surface area (Å²) in [5.74, 6) is 0.980. The largest absolute Gasteiger partial charge is 0.416 e. The third kappa shape index (κ3) is 5.70. The maximum atomic E-state index is 12.9. The molecule has 0 aliphatic carbocycles. The first kappa shape index (κ1) is 18.0. The zero-order valence-electron chi connectivity index (χ0n) is 13.3. The average molecular weight is 301 g/mol. The summed E-state index contributed by atoms with van der Waals surface area (Å²) < 4.78 is 38.6. The zero-order valence-corrected chi connectivity index (χ0v) is 13.3. The van der Waals surface area contributed by atoms with Crippen LogP contribution in [0.5, 0.6) is 0 Å². The Hall–Kier alpha value is -1.03. The molecule has 120 valence electrons. The lowest BCUT2D eigenvalue weighted by atomic mass is 9.84. The van der Waals surface area contributed by atoms with Gasteiger partial charge in [-0.3, -0.25) is 0 Å². The summed E-state index contributed by atoms with van der Waals surface area (Å²) in [5.41, 5.74) is 0.215. The van der Waals surface area contributed by atoms with E-state index in [0.29, 0.717) is 18.4 Å². The molecule has 1 aromatic carbocycles. The molecule has 0 spiro atoms. The van der Waals surface area contributed by atoms with Crippen LogP contribution in [-0.2, 0) is 6.18 Å². The molecule has 0 aliphatic heterocycles. The van der Waals surface area contributed by atoms with Gasteiger partial charge in [-0.25, -0.2) is 0 Å². The van der Waals surface area contributed by atoms with Crippen LogP contribution in [0.15, 0.2) is 24.3 Å². The molecule has 0 saturated heterocycles. The number of hydrogen-bond donors (Lipinski definition) is 1. The van der Waals surface area contributed by atoms with Gasteiger partial charge in [0, 0.05) is 6.54 Å². The number of benzene rings is 1. The van der Waals surface area contributed by atoms with Crippen LogP contribution in [0.1, 0.15) is 51.2 Å². The summed E-state index contributed by atoms with van der Waals surface area (Å²) in [5, 5.41) is 3.38. The molecule has 0 saturated carbocycles. The topological polar surface area (TPSA) is 12.0 Å². The molecule has 2 atom stereocenters. The smallest absolute Gasteiger partial charge is 0.316 e. The molecule has 1 rings (SSSR count). The van der Waals surface area contributed by atoms with E-state index in [1.165, 1.54) is 12.1 Å². The Morgan fingerprint density at radius 1 is 1.10 bits per heavy atom. The Labute approximate surface area is 125 Å². The molecule has 0 aromatic heterocycles. The molecule has 4 heteroatoms. The highest BCUT2D eigenvalue weighted by Crippen LogP contribution is 2.33. The van der Waals surface area contributed by atoms with E-state index in [9.17, 15) is 13.2 Å². The molecular formula is C17H26F3N. The zero-order chi connectivity index (χ0) is 16.0. The van der Waals surface area contributed by atoms with Crippen LogP contribution in [0.2, 0.25) is 0 Å². The van der Waals surface area contributed by atoms with Gasteiger partial charge in [-0.15, -0.1) is 0 Å². The van der Waals surface area contributed by atoms with E-state index in [4.69, 9.17) is 0 Å². The monoisotopic (exact) mass is 301 g/mol. The lowest BCUT2D eigenvalue weighted by Gasteiger charge is -2.25. The fourth-order valence-electron chi connectivity index (χ4n) is 2.41. The normalized spacial score (nSPS) is 15.2. The van der Waals surface area contributed by atoms with Crippen LogP contribution in [0.3, 0.4) is 0 Å². The van der Waals surface area contributed by atoms with Gasteiger partial charge in [0.2, 0.25) is 0 Å². The van der Waals surface area contributed by atoms with Crippen LogP contribution < -0.4 is 5.32 Å². The number of rotatable bonds is 7. The highest BCUT2D eigenvalue weighted by atomic mass is 19.4. The SMILES string of the molecule is CCC(C)C(CNCC(C)C)c1cccc(C(F)(F)F)c1. The average Bonchev–Trinajstić information content (AvgIpc) is 2.42. The molecule has 2 unspecified atom stereocenters. The van der Waals surface area contributed by atoms with Gasteiger partial charge in [0.05, 0.1) is 5.56 Å². The summed E-state index contributed by atoms with van der Waals surface area (Å²) in [6, 6.07) is 5.76. The van der Waals surface area contributed by atoms with Crippen molar-refractivity contribution in [2.75, 3.05) is 13.1 Å². The Morgan fingerprint density at radius 2 is 1.76 bits per heavy atom. The van der Waals surface area contributed by atoms with E-state index >= 15 is 0 Å². The van der Waals surface area contributed by atoms with Gasteiger partial charge >= 0.3 is 6.18 Å². The van der Waals surface area contributed by atoms with Crippen LogP contribution >= 0.6 is 0 Å². The van der Waals surface area contributed by atoms with Crippen molar-refractivity contribution in [2.45, 2.75) is 46.2 Å². The van der Waals surface area contributed by atoms with Crippen molar-refractivity contribution >= 4 is 0 Å². The number of alkyl halides is 3. The van der Waals surface area contributed by atoms with Crippen molar-refractivity contribution in [3.63, 3.8) is 0 Å². The second kappa shape index (κ2) is 7.83. The van der Waals surface area contributed by atoms with Crippen LogP contribution in [0.25, 0.3) is 0 Å². The van der Waals surface area contributed by atoms with Gasteiger partial charge in [0.25, 0.3) is 0 Å². The van der Waals surface area contributed by atoms with Crippen molar-refractivity contribution in [3.8, 4) is 0 Å². The van der Waals surface area contributed by atoms with Crippen molar-refractivity contribution in [1.82, 2.24) is 5.32 Å². The fourth-order valence-corrected chi connectivity index (χ4v) is 2.41. The highest BCUT2D eigenvalue weighted by Gasteiger charge is 2.31. The van der Waals surface area contributed by atoms with Gasteiger partial charge in [-0.05, 0) is 35.9 Å². The van der Waals surface area contributed by atoms with Crippen LogP contribution in [0.4, 0.5) is 13.2 Å². The molecule has 1 N–H and O–H groups in total. The first-order valence-electron chi connectivity index (χ1n) is 7.63. The quantitative estimate of drug-likeness (QED) is 0.740. The predicted octanol–water partition coefficient (Wildman–Crippen LogP) is 5.08. The minimum absolute atomic E-state index is 0.107. The van der Waals surface area contributed by atoms with Gasteiger partial charge < -0.3 is 5.32 Å². The summed E-state index contributed by atoms with van der Waals surface area (Å²) in [7, 11) is 0. The lowest BCUT2D eigenvalue weighted by molar-refractivity contribution is -0.137. The maximum absolute atomic E-state index is 12.9. The summed E-state index contributed by atoms with van der Waals surface area (Å²) in [6.45, 7) is 10.0. The summed E-state index contributed by atoms with van der Waals surface area (Å²) >= 11 is 0. The second-order valence-corrected chi connectivity index (χ2v) is 6.17. The van der Waals surface area contributed by atoms with E-state index in [2.05, 4.69) is 33.0 Å². The number of hydrogen-bond acceptors (Lipinski definition) is 1. The Bertz CT molecular complexity index is 426. The molecule has 0 heterocycles. The molecule has 1 nitrogen and oxygen atoms in total. The molecule has 0 radical (unpaired) electrons. The maximum Gasteiger partial charge on any atom is 0.416 e. The van der Waals surface area contributed by atoms with Crippen molar-refractivity contribution in [2.24, 2.45) is 11.8 Å². The molecule has 0 fully saturated rings. The van der Waals surface area contributed by atoms with E-state index in [1.807, 2.05) is 6.07 Å². The highest BCUT2D eigenvalue weighted by molar-refractivity contribution is 5.29. The van der Waals surface area contributed by atoms with E-state index in [-0.39, 0.29) is 5.92 Å². The number of nitrogens with one attached hydrogen (secondary N) is 1. The Balaban J connectivity index is 2.92. The van der Waals surface area contributed by atoms with Crippen molar-refractivity contribution in [3.05, 3.63) is 35.4 Å². The predicted molar refractivity (Wildman–Crippen MR) is 81.3 cm³/mol. The van der Waals surface area contributed by atoms with Gasteiger partial charge in [0.1, 0.15) is 0 Å². The molecule has 0 aliphatic rings. The fraction of sp³-hybridized carbons (Fsp3) is 0.647. The van der Waals surface area contributed by atoms with Crippen molar-refractivity contribution < 1.29 is 13.2 Å². The van der Waals surface area contributed by atoms with E-state index < -0.39 is 11.7 Å². The van der Waals surface area contributed by atoms with Gasteiger partial charge in [0.15, 0.2) is 0 Å². The van der Waals surface area contributed by atoms with Crippen LogP contribution in [0, 0.1) is 11.8 Å². The first-order valence-corrected chi connectivity index (χ1v) is 7.63. The van der Waals surface area contributed by atoms with E-state index in [1.54, 1.807) is 0 Å². The van der Waals surface area contributed by atoms with Crippen LogP contribution in [-0.4, -0.2) is 13.1 Å².